The molecule has 3 nitrogen and oxygen atoms in total. The Balaban J connectivity index is 1.98. The third-order valence-electron chi connectivity index (χ3n) is 2.57. The van der Waals surface area contributed by atoms with Crippen molar-refractivity contribution in [3.8, 4) is 5.75 Å². The highest BCUT2D eigenvalue weighted by Gasteiger charge is 2.07. The van der Waals surface area contributed by atoms with Gasteiger partial charge in [-0.2, -0.15) is 0 Å². The second-order valence-electron chi connectivity index (χ2n) is 4.11. The zero-order chi connectivity index (χ0) is 13.0. The lowest BCUT2D eigenvalue weighted by molar-refractivity contribution is 0.0472. The van der Waals surface area contributed by atoms with E-state index in [0.717, 1.165) is 11.1 Å². The largest absolute Gasteiger partial charge is 0.508 e. The van der Waals surface area contributed by atoms with Gasteiger partial charge in [0.1, 0.15) is 12.4 Å². The quantitative estimate of drug-likeness (QED) is 0.841. The Bertz CT molecular complexity index is 544. The van der Waals surface area contributed by atoms with Gasteiger partial charge in [-0.1, -0.05) is 35.9 Å². The van der Waals surface area contributed by atoms with Gasteiger partial charge < -0.3 is 9.84 Å². The zero-order valence-electron chi connectivity index (χ0n) is 10.1. The number of carbonyl (C=O) groups excluding carboxylic acids is 1. The van der Waals surface area contributed by atoms with Crippen LogP contribution in [0.15, 0.2) is 48.5 Å². The van der Waals surface area contributed by atoms with Crippen LogP contribution in [0.3, 0.4) is 0 Å². The fourth-order valence-corrected chi connectivity index (χ4v) is 1.55. The molecule has 2 aromatic rings. The van der Waals surface area contributed by atoms with Crippen molar-refractivity contribution in [2.75, 3.05) is 0 Å². The molecule has 0 heterocycles. The molecular formula is C15H14O3. The molecule has 2 rings (SSSR count). The number of aromatic hydroxyl groups is 1. The minimum absolute atomic E-state index is 0.0554. The number of rotatable bonds is 3. The van der Waals surface area contributed by atoms with E-state index in [1.54, 1.807) is 12.1 Å². The van der Waals surface area contributed by atoms with Gasteiger partial charge in [0.25, 0.3) is 0 Å². The number of hydrogen-bond acceptors (Lipinski definition) is 3. The molecule has 0 saturated heterocycles. The number of aryl methyl sites for hydroxylation is 1. The van der Waals surface area contributed by atoms with Crippen LogP contribution in [0.5, 0.6) is 5.75 Å². The first-order valence-electron chi connectivity index (χ1n) is 5.67. The summed E-state index contributed by atoms with van der Waals surface area (Å²) >= 11 is 0. The normalized spacial score (nSPS) is 10.1. The van der Waals surface area contributed by atoms with E-state index < -0.39 is 5.97 Å². The zero-order valence-corrected chi connectivity index (χ0v) is 10.1. The van der Waals surface area contributed by atoms with Gasteiger partial charge in [0.15, 0.2) is 0 Å². The first-order chi connectivity index (χ1) is 8.65. The smallest absolute Gasteiger partial charge is 0.338 e. The van der Waals surface area contributed by atoms with E-state index in [-0.39, 0.29) is 12.4 Å². The number of phenols is 1. The Morgan fingerprint density at radius 1 is 1.17 bits per heavy atom. The van der Waals surface area contributed by atoms with E-state index in [4.69, 9.17) is 4.74 Å². The molecular weight excluding hydrogens is 228 g/mol. The highest BCUT2D eigenvalue weighted by Crippen LogP contribution is 2.13. The fraction of sp³-hybridized carbons (Fsp3) is 0.133. The van der Waals surface area contributed by atoms with Crippen LogP contribution in [-0.4, -0.2) is 11.1 Å². The van der Waals surface area contributed by atoms with Crippen molar-refractivity contribution in [1.82, 2.24) is 0 Å². The molecule has 0 spiro atoms. The van der Waals surface area contributed by atoms with Gasteiger partial charge in [0.2, 0.25) is 0 Å². The van der Waals surface area contributed by atoms with E-state index in [2.05, 4.69) is 0 Å². The Hall–Kier alpha value is -2.29. The number of esters is 1. The molecule has 18 heavy (non-hydrogen) atoms. The molecule has 0 unspecified atom stereocenters. The van der Waals surface area contributed by atoms with E-state index in [0.29, 0.717) is 5.56 Å². The van der Waals surface area contributed by atoms with E-state index in [1.165, 1.54) is 12.1 Å². The van der Waals surface area contributed by atoms with E-state index >= 15 is 0 Å². The van der Waals surface area contributed by atoms with Crippen LogP contribution in [0.25, 0.3) is 0 Å². The van der Waals surface area contributed by atoms with Gasteiger partial charge in [-0.05, 0) is 30.7 Å². The third-order valence-corrected chi connectivity index (χ3v) is 2.57. The van der Waals surface area contributed by atoms with Gasteiger partial charge in [-0.3, -0.25) is 0 Å². The molecule has 2 aromatic carbocycles. The molecule has 3 heteroatoms. The van der Waals surface area contributed by atoms with Crippen LogP contribution in [-0.2, 0) is 11.3 Å². The molecule has 92 valence electrons. The summed E-state index contributed by atoms with van der Waals surface area (Å²) in [5.41, 5.74) is 2.45. The first kappa shape index (κ1) is 12.2. The van der Waals surface area contributed by atoms with Crippen LogP contribution in [0.4, 0.5) is 0 Å². The van der Waals surface area contributed by atoms with Crippen LogP contribution in [0.1, 0.15) is 21.5 Å². The summed E-state index contributed by atoms with van der Waals surface area (Å²) in [6.07, 6.45) is 0. The molecule has 0 aliphatic heterocycles. The molecule has 0 amide bonds. The maximum Gasteiger partial charge on any atom is 0.338 e. The van der Waals surface area contributed by atoms with Gasteiger partial charge in [-0.15, -0.1) is 0 Å². The topological polar surface area (TPSA) is 46.5 Å². The van der Waals surface area contributed by atoms with Gasteiger partial charge in [0.05, 0.1) is 5.56 Å². The number of ether oxygens (including phenoxy) is 1. The Morgan fingerprint density at radius 3 is 2.56 bits per heavy atom. The Kier molecular flexibility index (Phi) is 3.63. The summed E-state index contributed by atoms with van der Waals surface area (Å²) in [7, 11) is 0. The van der Waals surface area contributed by atoms with E-state index in [1.807, 2.05) is 31.2 Å². The highest BCUT2D eigenvalue weighted by molar-refractivity contribution is 5.89. The van der Waals surface area contributed by atoms with Gasteiger partial charge in [0, 0.05) is 0 Å². The van der Waals surface area contributed by atoms with Crippen molar-refractivity contribution in [2.24, 2.45) is 0 Å². The molecule has 0 aliphatic rings. The molecule has 0 atom stereocenters. The summed E-state index contributed by atoms with van der Waals surface area (Å²) in [6, 6.07) is 13.9. The minimum Gasteiger partial charge on any atom is -0.508 e. The molecule has 0 saturated carbocycles. The summed E-state index contributed by atoms with van der Waals surface area (Å²) in [6.45, 7) is 2.23. The monoisotopic (exact) mass is 242 g/mol. The first-order valence-corrected chi connectivity index (χ1v) is 5.67. The lowest BCUT2D eigenvalue weighted by Gasteiger charge is -2.05. The Labute approximate surface area is 106 Å². The number of phenolic OH excluding ortho intramolecular Hbond substituents is 1. The van der Waals surface area contributed by atoms with Crippen LogP contribution < -0.4 is 0 Å². The van der Waals surface area contributed by atoms with Gasteiger partial charge >= 0.3 is 5.97 Å². The average Bonchev–Trinajstić information content (AvgIpc) is 2.38. The van der Waals surface area contributed by atoms with Crippen molar-refractivity contribution in [2.45, 2.75) is 13.5 Å². The summed E-state index contributed by atoms with van der Waals surface area (Å²) < 4.78 is 5.16. The molecule has 0 radical (unpaired) electrons. The predicted octanol–water partition coefficient (Wildman–Crippen LogP) is 3.06. The number of hydrogen-bond donors (Lipinski definition) is 1. The lowest BCUT2D eigenvalue weighted by Crippen LogP contribution is -2.04. The Morgan fingerprint density at radius 2 is 1.89 bits per heavy atom. The SMILES string of the molecule is Cc1ccc(COC(=O)c2cccc(O)c2)cc1. The fourth-order valence-electron chi connectivity index (χ4n) is 1.55. The highest BCUT2D eigenvalue weighted by atomic mass is 16.5. The summed E-state index contributed by atoms with van der Waals surface area (Å²) in [5, 5.41) is 9.27. The molecule has 0 fully saturated rings. The van der Waals surface area contributed by atoms with Crippen LogP contribution in [0.2, 0.25) is 0 Å². The molecule has 0 bridgehead atoms. The molecule has 0 aromatic heterocycles. The van der Waals surface area contributed by atoms with Crippen LogP contribution in [0, 0.1) is 6.92 Å². The van der Waals surface area contributed by atoms with Crippen molar-refractivity contribution in [3.05, 3.63) is 65.2 Å². The molecule has 1 N–H and O–H groups in total. The second-order valence-corrected chi connectivity index (χ2v) is 4.11. The maximum absolute atomic E-state index is 11.7. The second kappa shape index (κ2) is 5.36. The van der Waals surface area contributed by atoms with Crippen molar-refractivity contribution in [1.29, 1.82) is 0 Å². The van der Waals surface area contributed by atoms with Gasteiger partial charge in [-0.25, -0.2) is 4.79 Å². The molecule has 0 aliphatic carbocycles. The van der Waals surface area contributed by atoms with E-state index in [9.17, 15) is 9.90 Å². The maximum atomic E-state index is 11.7. The summed E-state index contributed by atoms with van der Waals surface area (Å²) in [5.74, 6) is -0.383. The van der Waals surface area contributed by atoms with Crippen LogP contribution >= 0.6 is 0 Å². The number of benzene rings is 2. The lowest BCUT2D eigenvalue weighted by atomic mass is 10.2. The number of carbonyl (C=O) groups is 1. The van der Waals surface area contributed by atoms with Crippen molar-refractivity contribution < 1.29 is 14.6 Å². The third kappa shape index (κ3) is 3.10. The predicted molar refractivity (Wildman–Crippen MR) is 68.4 cm³/mol. The van der Waals surface area contributed by atoms with Crippen molar-refractivity contribution in [3.63, 3.8) is 0 Å². The van der Waals surface area contributed by atoms with Crippen molar-refractivity contribution >= 4 is 5.97 Å². The summed E-state index contributed by atoms with van der Waals surface area (Å²) in [4.78, 5) is 11.7. The standard InChI is InChI=1S/C15H14O3/c1-11-5-7-12(8-6-11)10-18-15(17)13-3-2-4-14(16)9-13/h2-9,16H,10H2,1H3. The average molecular weight is 242 g/mol. The minimum atomic E-state index is -0.438.